The van der Waals surface area contributed by atoms with E-state index in [0.29, 0.717) is 38.8 Å². The molecule has 4 aromatic carbocycles. The van der Waals surface area contributed by atoms with Crippen molar-refractivity contribution >= 4 is 38.9 Å². The molecule has 52 heavy (non-hydrogen) atoms. The fraction of sp³-hybridized carbons (Fsp3) is 0.409. The van der Waals surface area contributed by atoms with Crippen molar-refractivity contribution in [3.05, 3.63) is 131 Å². The van der Waals surface area contributed by atoms with Gasteiger partial charge in [0.1, 0.15) is 0 Å². The molecule has 0 aromatic heterocycles. The molecule has 4 aromatic rings. The average molecular weight is 740 g/mol. The maximum absolute atomic E-state index is 15.7. The molecule has 8 heteroatoms. The second kappa shape index (κ2) is 20.4. The smallest absolute Gasteiger partial charge is 0.282 e. The van der Waals surface area contributed by atoms with Gasteiger partial charge in [0.2, 0.25) is 20.1 Å². The number of carbonyl (C=O) groups is 2. The largest absolute Gasteiger partial charge is 0.427 e. The lowest BCUT2D eigenvalue weighted by molar-refractivity contribution is -0.122. The zero-order valence-corrected chi connectivity index (χ0v) is 34.6. The van der Waals surface area contributed by atoms with Crippen LogP contribution in [0.3, 0.4) is 0 Å². The van der Waals surface area contributed by atoms with Crippen molar-refractivity contribution in [2.45, 2.75) is 116 Å². The van der Waals surface area contributed by atoms with Crippen LogP contribution in [0.5, 0.6) is 0 Å². The maximum Gasteiger partial charge on any atom is 0.282 e. The molecule has 280 valence electrons. The zero-order chi connectivity index (χ0) is 38.3. The van der Waals surface area contributed by atoms with E-state index in [4.69, 9.17) is 0 Å². The number of amides is 2. The first-order chi connectivity index (χ1) is 24.7. The Balaban J connectivity index is 0.000000280. The predicted molar refractivity (Wildman–Crippen MR) is 221 cm³/mol. The van der Waals surface area contributed by atoms with Crippen LogP contribution in [-0.2, 0) is 35.5 Å². The molecule has 0 spiro atoms. The predicted octanol–water partition coefficient (Wildman–Crippen LogP) is 8.78. The van der Waals surface area contributed by atoms with Crippen LogP contribution in [0, 0.1) is 0 Å². The molecule has 0 saturated carbocycles. The SMILES string of the molecule is CC(C)[Si](O)(c1cccc(CCC(=O)NCc2ccccc2)c1)C(C)C.CC(C)[Si]([18F])(c1cccc(CCC(=O)NCc2ccccc2)c1)C(C)C. The van der Waals surface area contributed by atoms with Crippen LogP contribution in [0.2, 0.25) is 22.2 Å². The first-order valence-electron chi connectivity index (χ1n) is 18.9. The van der Waals surface area contributed by atoms with E-state index in [2.05, 4.69) is 44.4 Å². The van der Waals surface area contributed by atoms with Crippen LogP contribution in [0.15, 0.2) is 109 Å². The minimum atomic E-state index is -3.03. The van der Waals surface area contributed by atoms with Gasteiger partial charge < -0.3 is 19.5 Å². The Morgan fingerprint density at radius 3 is 1.29 bits per heavy atom. The number of carbonyl (C=O) groups excluding carboxylic acids is 2. The quantitative estimate of drug-likeness (QED) is 0.0795. The van der Waals surface area contributed by atoms with Gasteiger partial charge >= 0.3 is 0 Å². The minimum absolute atomic E-state index is 0.0238. The molecule has 5 nitrogen and oxygen atoms in total. The minimum Gasteiger partial charge on any atom is -0.427 e. The van der Waals surface area contributed by atoms with Gasteiger partial charge in [-0.05, 0) is 67.6 Å². The molecule has 0 saturated heterocycles. The molecule has 0 bridgehead atoms. The summed E-state index contributed by atoms with van der Waals surface area (Å²) in [5.74, 6) is 0.0789. The Morgan fingerprint density at radius 2 is 0.904 bits per heavy atom. The second-order valence-corrected chi connectivity index (χ2v) is 24.1. The molecule has 0 heterocycles. The summed E-state index contributed by atoms with van der Waals surface area (Å²) in [6.07, 6.45) is 2.20. The standard InChI is InChI=1S/C22H30FNOSi.C22H31NO2Si/c1-17(2)26(23,18(3)4)21-12-8-11-19(15-21)13-14-22(25)24-16-20-9-6-5-7-10-20;1-17(2)26(25,18(3)4)21-12-8-11-19(15-21)13-14-22(24)23-16-20-9-6-5-7-10-20/h5-12,15,17-18H,13-14,16H2,1-4H3,(H,24,25);5-12,15,17-18,25H,13-14,16H2,1-4H3,(H,23,24)/i23-1;. The number of aryl methyl sites for hydroxylation is 2. The molecule has 0 aliphatic carbocycles. The highest BCUT2D eigenvalue weighted by Crippen LogP contribution is 2.33. The summed E-state index contributed by atoms with van der Waals surface area (Å²) in [5, 5.41) is 7.84. The summed E-state index contributed by atoms with van der Waals surface area (Å²) in [4.78, 5) is 35.6. The van der Waals surface area contributed by atoms with Crippen molar-refractivity contribution in [3.8, 4) is 0 Å². The summed E-state index contributed by atoms with van der Waals surface area (Å²) >= 11 is 0. The van der Waals surface area contributed by atoms with E-state index in [1.807, 2.05) is 131 Å². The van der Waals surface area contributed by atoms with E-state index < -0.39 is 16.7 Å². The van der Waals surface area contributed by atoms with Crippen LogP contribution in [0.1, 0.15) is 90.5 Å². The van der Waals surface area contributed by atoms with E-state index in [-0.39, 0.29) is 34.0 Å². The highest BCUT2D eigenvalue weighted by atomic mass is 28.4. The molecule has 0 unspecified atom stereocenters. The highest BCUT2D eigenvalue weighted by Gasteiger charge is 2.43. The Bertz CT molecular complexity index is 1540. The molecular weight excluding hydrogens is 679 g/mol. The van der Waals surface area contributed by atoms with Crippen LogP contribution < -0.4 is 21.0 Å². The van der Waals surface area contributed by atoms with Gasteiger partial charge in [0, 0.05) is 25.9 Å². The third kappa shape index (κ3) is 12.1. The lowest BCUT2D eigenvalue weighted by Gasteiger charge is -2.33. The van der Waals surface area contributed by atoms with Gasteiger partial charge in [0.25, 0.3) is 8.41 Å². The Hall–Kier alpha value is -3.86. The van der Waals surface area contributed by atoms with Gasteiger partial charge in [-0.25, -0.2) is 0 Å². The van der Waals surface area contributed by atoms with Crippen molar-refractivity contribution < 1.29 is 18.5 Å². The molecule has 0 atom stereocenters. The van der Waals surface area contributed by atoms with Crippen molar-refractivity contribution in [2.24, 2.45) is 0 Å². The lowest BCUT2D eigenvalue weighted by Crippen LogP contribution is -2.53. The molecule has 4 rings (SSSR count). The Morgan fingerprint density at radius 1 is 0.538 bits per heavy atom. The molecule has 0 aliphatic heterocycles. The number of rotatable bonds is 16. The number of hydrogen-bond acceptors (Lipinski definition) is 3. The van der Waals surface area contributed by atoms with Crippen molar-refractivity contribution in [2.75, 3.05) is 0 Å². The van der Waals surface area contributed by atoms with Crippen molar-refractivity contribution in [1.82, 2.24) is 10.6 Å². The maximum atomic E-state index is 15.7. The van der Waals surface area contributed by atoms with Gasteiger partial charge in [0.15, 0.2) is 0 Å². The van der Waals surface area contributed by atoms with Gasteiger partial charge in [0.05, 0.1) is 0 Å². The van der Waals surface area contributed by atoms with Crippen LogP contribution in [0.4, 0.5) is 4.11 Å². The van der Waals surface area contributed by atoms with Crippen molar-refractivity contribution in [3.63, 3.8) is 0 Å². The average Bonchev–Trinajstić information content (AvgIpc) is 3.14. The summed E-state index contributed by atoms with van der Waals surface area (Å²) in [6, 6.07) is 35.8. The number of benzene rings is 4. The molecule has 2 amide bonds. The fourth-order valence-corrected chi connectivity index (χ4v) is 13.8. The van der Waals surface area contributed by atoms with Crippen LogP contribution >= 0.6 is 0 Å². The van der Waals surface area contributed by atoms with Crippen molar-refractivity contribution in [1.29, 1.82) is 0 Å². The summed E-state index contributed by atoms with van der Waals surface area (Å²) in [6.45, 7) is 17.5. The van der Waals surface area contributed by atoms with E-state index in [9.17, 15) is 14.4 Å². The van der Waals surface area contributed by atoms with Crippen LogP contribution in [-0.4, -0.2) is 33.3 Å². The lowest BCUT2D eigenvalue weighted by atomic mass is 10.1. The van der Waals surface area contributed by atoms with Gasteiger partial charge in [-0.2, -0.15) is 0 Å². The summed E-state index contributed by atoms with van der Waals surface area (Å²) < 4.78 is 15.7. The third-order valence-corrected chi connectivity index (χ3v) is 19.5. The molecule has 0 aliphatic rings. The topological polar surface area (TPSA) is 78.4 Å². The summed E-state index contributed by atoms with van der Waals surface area (Å²) in [5.41, 5.74) is 4.92. The second-order valence-electron chi connectivity index (χ2n) is 15.1. The highest BCUT2D eigenvalue weighted by molar-refractivity contribution is 6.88. The van der Waals surface area contributed by atoms with E-state index in [1.54, 1.807) is 0 Å². The van der Waals surface area contributed by atoms with E-state index in [1.165, 1.54) is 0 Å². The number of halogens is 1. The zero-order valence-electron chi connectivity index (χ0n) is 32.6. The molecular formula is C44H61FN2O3Si2. The monoisotopic (exact) mass is 739 g/mol. The molecule has 0 fully saturated rings. The van der Waals surface area contributed by atoms with E-state index >= 15 is 4.11 Å². The Kier molecular flexibility index (Phi) is 16.7. The Labute approximate surface area is 314 Å². The molecule has 3 N–H and O–H groups in total. The molecule has 0 radical (unpaired) electrons. The van der Waals surface area contributed by atoms with Gasteiger partial charge in [-0.15, -0.1) is 0 Å². The number of nitrogens with one attached hydrogen (secondary N) is 2. The van der Waals surface area contributed by atoms with Crippen LogP contribution in [0.25, 0.3) is 0 Å². The first-order valence-corrected chi connectivity index (χ1v) is 23.0. The third-order valence-electron chi connectivity index (χ3n) is 10.1. The van der Waals surface area contributed by atoms with Gasteiger partial charge in [-0.1, -0.05) is 165 Å². The first kappa shape index (κ1) is 42.6. The normalized spacial score (nSPS) is 11.8. The summed E-state index contributed by atoms with van der Waals surface area (Å²) in [7, 11) is -5.56. The fourth-order valence-electron chi connectivity index (χ4n) is 6.89. The van der Waals surface area contributed by atoms with Gasteiger partial charge in [-0.3, -0.25) is 9.59 Å². The van der Waals surface area contributed by atoms with E-state index in [0.717, 1.165) is 32.6 Å². The number of hydrogen-bond donors (Lipinski definition) is 3.